The highest BCUT2D eigenvalue weighted by molar-refractivity contribution is 6.14. The van der Waals surface area contributed by atoms with Gasteiger partial charge >= 0.3 is 0 Å². The Kier molecular flexibility index (Phi) is 3.88. The second kappa shape index (κ2) is 5.85. The van der Waals surface area contributed by atoms with Crippen LogP contribution in [0.4, 0.5) is 4.39 Å². The van der Waals surface area contributed by atoms with Crippen LogP contribution in [0, 0.1) is 5.82 Å². The van der Waals surface area contributed by atoms with Crippen LogP contribution >= 0.6 is 0 Å². The molecule has 3 rings (SSSR count). The molecule has 0 aromatic heterocycles. The van der Waals surface area contributed by atoms with Gasteiger partial charge in [0.05, 0.1) is 25.2 Å². The molecular formula is C18H17FNO3+. The number of allylic oxidation sites excluding steroid dienone is 1. The number of ketones is 1. The second-order valence-corrected chi connectivity index (χ2v) is 5.82. The van der Waals surface area contributed by atoms with Gasteiger partial charge in [-0.15, -0.1) is 0 Å². The minimum atomic E-state index is -0.338. The number of phenolic OH excluding ortho intramolecular Hbond substituents is 1. The van der Waals surface area contributed by atoms with Crippen molar-refractivity contribution in [3.8, 4) is 11.5 Å². The molecule has 2 aromatic carbocycles. The van der Waals surface area contributed by atoms with Crippen LogP contribution in [0.25, 0.3) is 6.08 Å². The first-order valence-corrected chi connectivity index (χ1v) is 7.29. The van der Waals surface area contributed by atoms with E-state index in [1.54, 1.807) is 24.3 Å². The third-order valence-corrected chi connectivity index (χ3v) is 3.61. The molecular weight excluding hydrogens is 297 g/mol. The van der Waals surface area contributed by atoms with E-state index in [1.165, 1.54) is 18.2 Å². The van der Waals surface area contributed by atoms with Gasteiger partial charge in [-0.2, -0.15) is 0 Å². The Morgan fingerprint density at radius 3 is 2.52 bits per heavy atom. The van der Waals surface area contributed by atoms with Crippen molar-refractivity contribution in [1.29, 1.82) is 0 Å². The van der Waals surface area contributed by atoms with Crippen LogP contribution in [0.5, 0.6) is 11.5 Å². The lowest BCUT2D eigenvalue weighted by Gasteiger charge is -2.11. The molecule has 0 atom stereocenters. The number of ether oxygens (including phenoxy) is 1. The summed E-state index contributed by atoms with van der Waals surface area (Å²) >= 11 is 0. The number of rotatable bonds is 3. The number of fused-ring (bicyclic) bond motifs is 1. The molecule has 0 radical (unpaired) electrons. The number of Topliss-reactive ketones (excluding diaryl/α,β-unsaturated/α-hetero) is 1. The van der Waals surface area contributed by atoms with Gasteiger partial charge in [-0.25, -0.2) is 4.39 Å². The fourth-order valence-electron chi connectivity index (χ4n) is 2.53. The molecule has 0 saturated heterocycles. The van der Waals surface area contributed by atoms with E-state index in [9.17, 15) is 14.3 Å². The van der Waals surface area contributed by atoms with E-state index in [-0.39, 0.29) is 23.1 Å². The number of halogens is 1. The molecule has 1 aliphatic rings. The number of hydrogen-bond acceptors (Lipinski definition) is 3. The van der Waals surface area contributed by atoms with E-state index >= 15 is 0 Å². The van der Waals surface area contributed by atoms with Crippen molar-refractivity contribution in [2.75, 3.05) is 14.1 Å². The summed E-state index contributed by atoms with van der Waals surface area (Å²) in [6.07, 6.45) is 1.57. The molecule has 0 unspecified atom stereocenters. The lowest BCUT2D eigenvalue weighted by molar-refractivity contribution is -0.872. The summed E-state index contributed by atoms with van der Waals surface area (Å²) in [6, 6.07) is 8.87. The van der Waals surface area contributed by atoms with Crippen molar-refractivity contribution >= 4 is 11.9 Å². The molecule has 0 spiro atoms. The number of quaternary nitrogens is 1. The monoisotopic (exact) mass is 314 g/mol. The molecule has 5 heteroatoms. The van der Waals surface area contributed by atoms with Crippen molar-refractivity contribution in [2.45, 2.75) is 6.54 Å². The van der Waals surface area contributed by atoms with Gasteiger partial charge < -0.3 is 14.7 Å². The van der Waals surface area contributed by atoms with E-state index in [1.807, 2.05) is 14.1 Å². The van der Waals surface area contributed by atoms with Crippen LogP contribution in [0.3, 0.4) is 0 Å². The first-order valence-electron chi connectivity index (χ1n) is 7.29. The predicted molar refractivity (Wildman–Crippen MR) is 84.0 cm³/mol. The molecule has 0 bridgehead atoms. The van der Waals surface area contributed by atoms with Crippen molar-refractivity contribution in [2.24, 2.45) is 0 Å². The third-order valence-electron chi connectivity index (χ3n) is 3.61. The quantitative estimate of drug-likeness (QED) is 0.849. The molecule has 0 saturated carbocycles. The van der Waals surface area contributed by atoms with Crippen molar-refractivity contribution < 1.29 is 23.9 Å². The highest BCUT2D eigenvalue weighted by Gasteiger charge is 2.31. The number of carbonyl (C=O) groups is 1. The topological polar surface area (TPSA) is 51.0 Å². The van der Waals surface area contributed by atoms with Gasteiger partial charge in [0.25, 0.3) is 0 Å². The summed E-state index contributed by atoms with van der Waals surface area (Å²) in [7, 11) is 3.90. The predicted octanol–water partition coefficient (Wildman–Crippen LogP) is 1.79. The summed E-state index contributed by atoms with van der Waals surface area (Å²) in [5.74, 6) is 0.118. The van der Waals surface area contributed by atoms with Crippen LogP contribution in [0.2, 0.25) is 0 Å². The Balaban J connectivity index is 2.00. The summed E-state index contributed by atoms with van der Waals surface area (Å²) in [5, 5.41) is 10.1. The van der Waals surface area contributed by atoms with Gasteiger partial charge in [-0.05, 0) is 35.9 Å². The minimum absolute atomic E-state index is 0.112. The Bertz CT molecular complexity index is 795. The standard InChI is InChI=1S/C18H16FNO3/c1-20(2)10-14-15(21)8-7-13-17(22)16(23-18(13)14)9-11-3-5-12(19)6-4-11/h3-9,21H,10H2,1-2H3/p+1. The molecule has 1 aliphatic heterocycles. The molecule has 0 aliphatic carbocycles. The van der Waals surface area contributed by atoms with Gasteiger partial charge in [0.1, 0.15) is 18.1 Å². The Labute approximate surface area is 133 Å². The Morgan fingerprint density at radius 1 is 1.17 bits per heavy atom. The van der Waals surface area contributed by atoms with Crippen LogP contribution < -0.4 is 9.64 Å². The number of benzene rings is 2. The van der Waals surface area contributed by atoms with E-state index < -0.39 is 0 Å². The average Bonchev–Trinajstić information content (AvgIpc) is 2.81. The lowest BCUT2D eigenvalue weighted by atomic mass is 10.0. The lowest BCUT2D eigenvalue weighted by Crippen LogP contribution is -3.04. The number of hydrogen-bond donors (Lipinski definition) is 2. The fraction of sp³-hybridized carbons (Fsp3) is 0.167. The fourth-order valence-corrected chi connectivity index (χ4v) is 2.53. The largest absolute Gasteiger partial charge is 0.507 e. The van der Waals surface area contributed by atoms with Crippen LogP contribution in [0.1, 0.15) is 21.5 Å². The first kappa shape index (κ1) is 15.2. The van der Waals surface area contributed by atoms with E-state index in [0.717, 1.165) is 4.90 Å². The molecule has 23 heavy (non-hydrogen) atoms. The van der Waals surface area contributed by atoms with Gasteiger partial charge in [-0.3, -0.25) is 4.79 Å². The molecule has 1 heterocycles. The van der Waals surface area contributed by atoms with Crippen molar-refractivity contribution in [3.05, 3.63) is 64.7 Å². The number of phenols is 1. The normalized spacial score (nSPS) is 15.1. The summed E-state index contributed by atoms with van der Waals surface area (Å²) in [6.45, 7) is 0.534. The molecule has 4 nitrogen and oxygen atoms in total. The smallest absolute Gasteiger partial charge is 0.231 e. The average molecular weight is 314 g/mol. The summed E-state index contributed by atoms with van der Waals surface area (Å²) in [4.78, 5) is 13.6. The SMILES string of the molecule is C[NH+](C)Cc1c(O)ccc2c1OC(=Cc1ccc(F)cc1)C2=O. The Morgan fingerprint density at radius 2 is 1.87 bits per heavy atom. The van der Waals surface area contributed by atoms with Gasteiger partial charge in [-0.1, -0.05) is 12.1 Å². The zero-order chi connectivity index (χ0) is 16.6. The number of carbonyl (C=O) groups excluding carboxylic acids is 1. The molecule has 2 aromatic rings. The maximum atomic E-state index is 13.0. The number of nitrogens with one attached hydrogen (secondary N) is 1. The first-order chi connectivity index (χ1) is 11.0. The highest BCUT2D eigenvalue weighted by Crippen LogP contribution is 2.39. The zero-order valence-electron chi connectivity index (χ0n) is 12.9. The maximum Gasteiger partial charge on any atom is 0.231 e. The third kappa shape index (κ3) is 2.96. The van der Waals surface area contributed by atoms with Crippen LogP contribution in [-0.2, 0) is 6.54 Å². The maximum absolute atomic E-state index is 13.0. The summed E-state index contributed by atoms with van der Waals surface area (Å²) < 4.78 is 18.7. The summed E-state index contributed by atoms with van der Waals surface area (Å²) in [5.41, 5.74) is 1.72. The molecule has 0 amide bonds. The van der Waals surface area contributed by atoms with Gasteiger partial charge in [0.2, 0.25) is 5.78 Å². The minimum Gasteiger partial charge on any atom is -0.507 e. The number of aromatic hydroxyl groups is 1. The zero-order valence-corrected chi connectivity index (χ0v) is 12.9. The van der Waals surface area contributed by atoms with Gasteiger partial charge in [0, 0.05) is 0 Å². The highest BCUT2D eigenvalue weighted by atomic mass is 19.1. The van der Waals surface area contributed by atoms with E-state index in [4.69, 9.17) is 4.74 Å². The second-order valence-electron chi connectivity index (χ2n) is 5.82. The Hall–Kier alpha value is -2.66. The molecule has 0 fully saturated rings. The van der Waals surface area contributed by atoms with E-state index in [2.05, 4.69) is 0 Å². The molecule has 118 valence electrons. The van der Waals surface area contributed by atoms with Crippen molar-refractivity contribution in [1.82, 2.24) is 0 Å². The van der Waals surface area contributed by atoms with E-state index in [0.29, 0.717) is 29.0 Å². The molecule has 2 N–H and O–H groups in total. The van der Waals surface area contributed by atoms with Gasteiger partial charge in [0.15, 0.2) is 11.5 Å². The van der Waals surface area contributed by atoms with Crippen molar-refractivity contribution in [3.63, 3.8) is 0 Å². The van der Waals surface area contributed by atoms with Crippen LogP contribution in [-0.4, -0.2) is 25.0 Å². The van der Waals surface area contributed by atoms with Crippen LogP contribution in [0.15, 0.2) is 42.2 Å².